The summed E-state index contributed by atoms with van der Waals surface area (Å²) < 4.78 is 0. The number of amides is 2. The fraction of sp³-hybridized carbons (Fsp3) is 0.867. The van der Waals surface area contributed by atoms with E-state index in [0.29, 0.717) is 24.8 Å². The van der Waals surface area contributed by atoms with Crippen molar-refractivity contribution in [2.24, 2.45) is 11.8 Å². The van der Waals surface area contributed by atoms with Gasteiger partial charge in [0.15, 0.2) is 0 Å². The molecule has 2 fully saturated rings. The summed E-state index contributed by atoms with van der Waals surface area (Å²) in [6.45, 7) is 6.20. The molecule has 2 saturated heterocycles. The molecule has 122 valence electrons. The lowest BCUT2D eigenvalue weighted by Crippen LogP contribution is -2.46. The molecule has 6 heteroatoms. The smallest absolute Gasteiger partial charge is 0.227 e. The van der Waals surface area contributed by atoms with E-state index in [1.165, 1.54) is 0 Å². The summed E-state index contributed by atoms with van der Waals surface area (Å²) in [4.78, 5) is 25.9. The van der Waals surface area contributed by atoms with Crippen LogP contribution < -0.4 is 10.6 Å². The second-order valence-electron chi connectivity index (χ2n) is 6.04. The summed E-state index contributed by atoms with van der Waals surface area (Å²) in [7, 11) is 0. The first-order valence-electron chi connectivity index (χ1n) is 7.97. The van der Waals surface area contributed by atoms with Crippen LogP contribution in [0.5, 0.6) is 0 Å². The van der Waals surface area contributed by atoms with Crippen molar-refractivity contribution in [1.29, 1.82) is 0 Å². The van der Waals surface area contributed by atoms with Gasteiger partial charge in [-0.15, -0.1) is 12.4 Å². The van der Waals surface area contributed by atoms with Crippen molar-refractivity contribution < 1.29 is 9.59 Å². The van der Waals surface area contributed by atoms with Crippen molar-refractivity contribution in [3.05, 3.63) is 0 Å². The molecule has 0 aromatic rings. The third-order valence-corrected chi connectivity index (χ3v) is 4.31. The molecule has 2 rings (SSSR count). The van der Waals surface area contributed by atoms with Crippen LogP contribution in [0.15, 0.2) is 0 Å². The Hall–Kier alpha value is -0.810. The number of carbonyl (C=O) groups is 2. The molecule has 0 aromatic carbocycles. The second-order valence-corrected chi connectivity index (χ2v) is 6.04. The van der Waals surface area contributed by atoms with Crippen LogP contribution in [0.4, 0.5) is 0 Å². The number of hydrogen-bond donors (Lipinski definition) is 2. The van der Waals surface area contributed by atoms with Gasteiger partial charge in [-0.05, 0) is 38.1 Å². The van der Waals surface area contributed by atoms with E-state index in [9.17, 15) is 9.59 Å². The average Bonchev–Trinajstić information content (AvgIpc) is 2.99. The molecule has 2 aliphatic heterocycles. The minimum absolute atomic E-state index is 0. The number of nitrogens with one attached hydrogen (secondary N) is 2. The van der Waals surface area contributed by atoms with Crippen LogP contribution in [0.25, 0.3) is 0 Å². The van der Waals surface area contributed by atoms with E-state index in [2.05, 4.69) is 10.6 Å². The Balaban J connectivity index is 0.00000220. The van der Waals surface area contributed by atoms with Gasteiger partial charge in [-0.2, -0.15) is 0 Å². The van der Waals surface area contributed by atoms with Crippen LogP contribution in [-0.2, 0) is 9.59 Å². The van der Waals surface area contributed by atoms with Crippen molar-refractivity contribution in [3.63, 3.8) is 0 Å². The topological polar surface area (TPSA) is 61.4 Å². The standard InChI is InChI=1S/C15H27N3O2.ClH/c1-2-4-14(19)17-9-12-5-3-8-18(11-12)15(20)13-6-7-16-10-13;/h12-13,16H,2-11H2,1H3,(H,17,19);1H. The van der Waals surface area contributed by atoms with Gasteiger partial charge in [-0.3, -0.25) is 9.59 Å². The Labute approximate surface area is 133 Å². The Kier molecular flexibility index (Phi) is 8.04. The van der Waals surface area contributed by atoms with E-state index >= 15 is 0 Å². The number of halogens is 1. The van der Waals surface area contributed by atoms with Gasteiger partial charge in [0, 0.05) is 32.6 Å². The van der Waals surface area contributed by atoms with Crippen molar-refractivity contribution in [3.8, 4) is 0 Å². The predicted octanol–water partition coefficient (Wildman–Crippen LogP) is 1.17. The van der Waals surface area contributed by atoms with Gasteiger partial charge in [-0.1, -0.05) is 6.92 Å². The molecule has 2 N–H and O–H groups in total. The summed E-state index contributed by atoms with van der Waals surface area (Å²) in [6, 6.07) is 0. The molecule has 0 aromatic heterocycles. The fourth-order valence-corrected chi connectivity index (χ4v) is 3.13. The van der Waals surface area contributed by atoms with E-state index in [1.807, 2.05) is 11.8 Å². The summed E-state index contributed by atoms with van der Waals surface area (Å²) in [5, 5.41) is 6.25. The highest BCUT2D eigenvalue weighted by Crippen LogP contribution is 2.20. The zero-order chi connectivity index (χ0) is 14.4. The molecule has 0 saturated carbocycles. The van der Waals surface area contributed by atoms with E-state index in [0.717, 1.165) is 51.9 Å². The average molecular weight is 318 g/mol. The highest BCUT2D eigenvalue weighted by Gasteiger charge is 2.30. The van der Waals surface area contributed by atoms with Crippen molar-refractivity contribution in [1.82, 2.24) is 15.5 Å². The minimum atomic E-state index is 0. The molecule has 2 aliphatic rings. The van der Waals surface area contributed by atoms with E-state index in [-0.39, 0.29) is 24.2 Å². The maximum absolute atomic E-state index is 12.4. The van der Waals surface area contributed by atoms with E-state index < -0.39 is 0 Å². The molecule has 0 spiro atoms. The Bertz CT molecular complexity index is 346. The van der Waals surface area contributed by atoms with Crippen LogP contribution >= 0.6 is 12.4 Å². The molecule has 0 radical (unpaired) electrons. The lowest BCUT2D eigenvalue weighted by atomic mass is 9.96. The maximum Gasteiger partial charge on any atom is 0.227 e. The van der Waals surface area contributed by atoms with Crippen LogP contribution in [0.3, 0.4) is 0 Å². The lowest BCUT2D eigenvalue weighted by molar-refractivity contribution is -0.136. The first-order valence-corrected chi connectivity index (χ1v) is 7.97. The summed E-state index contributed by atoms with van der Waals surface area (Å²) in [5.74, 6) is 1.03. The summed E-state index contributed by atoms with van der Waals surface area (Å²) >= 11 is 0. The molecule has 2 heterocycles. The molecule has 0 bridgehead atoms. The van der Waals surface area contributed by atoms with Gasteiger partial charge < -0.3 is 15.5 Å². The Morgan fingerprint density at radius 3 is 2.81 bits per heavy atom. The van der Waals surface area contributed by atoms with Crippen LogP contribution in [0.1, 0.15) is 39.0 Å². The largest absolute Gasteiger partial charge is 0.356 e. The number of rotatable bonds is 5. The number of hydrogen-bond acceptors (Lipinski definition) is 3. The van der Waals surface area contributed by atoms with Crippen LogP contribution in [0.2, 0.25) is 0 Å². The van der Waals surface area contributed by atoms with Gasteiger partial charge >= 0.3 is 0 Å². The second kappa shape index (κ2) is 9.26. The highest BCUT2D eigenvalue weighted by molar-refractivity contribution is 5.85. The molecule has 2 amide bonds. The van der Waals surface area contributed by atoms with E-state index in [1.54, 1.807) is 0 Å². The molecular formula is C15H28ClN3O2. The number of nitrogens with zero attached hydrogens (tertiary/aromatic N) is 1. The third kappa shape index (κ3) is 5.47. The predicted molar refractivity (Wildman–Crippen MR) is 85.4 cm³/mol. The van der Waals surface area contributed by atoms with Gasteiger partial charge in [0.2, 0.25) is 11.8 Å². The van der Waals surface area contributed by atoms with Crippen LogP contribution in [0, 0.1) is 11.8 Å². The minimum Gasteiger partial charge on any atom is -0.356 e. The highest BCUT2D eigenvalue weighted by atomic mass is 35.5. The van der Waals surface area contributed by atoms with Crippen LogP contribution in [-0.4, -0.2) is 49.4 Å². The van der Waals surface area contributed by atoms with Gasteiger partial charge in [0.25, 0.3) is 0 Å². The normalized spacial score (nSPS) is 25.3. The molecule has 21 heavy (non-hydrogen) atoms. The zero-order valence-electron chi connectivity index (χ0n) is 12.9. The Morgan fingerprint density at radius 2 is 2.14 bits per heavy atom. The van der Waals surface area contributed by atoms with Crippen molar-refractivity contribution in [2.75, 3.05) is 32.7 Å². The first kappa shape index (κ1) is 18.2. The quantitative estimate of drug-likeness (QED) is 0.800. The number of piperidine rings is 1. The fourth-order valence-electron chi connectivity index (χ4n) is 3.13. The van der Waals surface area contributed by atoms with Gasteiger partial charge in [-0.25, -0.2) is 0 Å². The van der Waals surface area contributed by atoms with Gasteiger partial charge in [0.1, 0.15) is 0 Å². The molecule has 2 unspecified atom stereocenters. The number of carbonyl (C=O) groups excluding carboxylic acids is 2. The maximum atomic E-state index is 12.4. The first-order chi connectivity index (χ1) is 9.70. The molecular weight excluding hydrogens is 290 g/mol. The monoisotopic (exact) mass is 317 g/mol. The van der Waals surface area contributed by atoms with Crippen molar-refractivity contribution in [2.45, 2.75) is 39.0 Å². The Morgan fingerprint density at radius 1 is 1.33 bits per heavy atom. The van der Waals surface area contributed by atoms with Crippen molar-refractivity contribution >= 4 is 24.2 Å². The molecule has 5 nitrogen and oxygen atoms in total. The number of likely N-dealkylation sites (tertiary alicyclic amines) is 1. The van der Waals surface area contributed by atoms with E-state index in [4.69, 9.17) is 0 Å². The lowest BCUT2D eigenvalue weighted by Gasteiger charge is -2.34. The van der Waals surface area contributed by atoms with Gasteiger partial charge in [0.05, 0.1) is 5.92 Å². The zero-order valence-corrected chi connectivity index (χ0v) is 13.7. The summed E-state index contributed by atoms with van der Waals surface area (Å²) in [5.41, 5.74) is 0. The summed E-state index contributed by atoms with van der Waals surface area (Å²) in [6.07, 6.45) is 4.62. The SMILES string of the molecule is CCCC(=O)NCC1CCCN(C(=O)C2CCNC2)C1.Cl. The molecule has 0 aliphatic carbocycles. The third-order valence-electron chi connectivity index (χ3n) is 4.31. The molecule has 2 atom stereocenters.